The number of allylic oxidation sites excluding steroid dienone is 2. The van der Waals surface area contributed by atoms with E-state index >= 15 is 0 Å². The van der Waals surface area contributed by atoms with Gasteiger partial charge in [0.1, 0.15) is 5.75 Å². The summed E-state index contributed by atoms with van der Waals surface area (Å²) in [5.74, 6) is -1.76. The van der Waals surface area contributed by atoms with Crippen LogP contribution in [-0.2, 0) is 16.4 Å². The maximum atomic E-state index is 13.2. The first-order chi connectivity index (χ1) is 17.3. The van der Waals surface area contributed by atoms with Gasteiger partial charge in [0.05, 0.1) is 5.25 Å². The molecular formula is C25H33ClF3N3O4S. The monoisotopic (exact) mass is 563 g/mol. The van der Waals surface area contributed by atoms with Crippen LogP contribution in [0.4, 0.5) is 13.2 Å². The fourth-order valence-electron chi connectivity index (χ4n) is 4.48. The third kappa shape index (κ3) is 8.20. The second-order valence-corrected chi connectivity index (χ2v) is 12.4. The van der Waals surface area contributed by atoms with Crippen LogP contribution in [0.5, 0.6) is 5.75 Å². The Kier molecular flexibility index (Phi) is 9.71. The summed E-state index contributed by atoms with van der Waals surface area (Å²) in [6.45, 7) is 9.00. The third-order valence-corrected chi connectivity index (χ3v) is 9.03. The summed E-state index contributed by atoms with van der Waals surface area (Å²) in [6.07, 6.45) is -0.374. The minimum absolute atomic E-state index is 0.0241. The van der Waals surface area contributed by atoms with Crippen LogP contribution >= 0.6 is 11.6 Å². The van der Waals surface area contributed by atoms with Crippen molar-refractivity contribution in [1.82, 2.24) is 15.1 Å². The Morgan fingerprint density at radius 1 is 1.22 bits per heavy atom. The highest BCUT2D eigenvalue weighted by atomic mass is 35.5. The summed E-state index contributed by atoms with van der Waals surface area (Å²) >= 11 is 6.04. The number of carbonyl (C=O) groups is 1. The molecule has 0 saturated carbocycles. The minimum atomic E-state index is -4.92. The van der Waals surface area contributed by atoms with Crippen LogP contribution in [0.3, 0.4) is 0 Å². The van der Waals surface area contributed by atoms with Gasteiger partial charge in [-0.2, -0.15) is 0 Å². The normalized spacial score (nSPS) is 21.7. The Balaban J connectivity index is 1.73. The molecule has 1 aliphatic heterocycles. The van der Waals surface area contributed by atoms with Gasteiger partial charge in [0.2, 0.25) is 0 Å². The second-order valence-electron chi connectivity index (χ2n) is 9.48. The van der Waals surface area contributed by atoms with Gasteiger partial charge in [0.25, 0.3) is 5.91 Å². The number of sulfone groups is 1. The predicted octanol–water partition coefficient (Wildman–Crippen LogP) is 3.95. The van der Waals surface area contributed by atoms with E-state index < -0.39 is 39.0 Å². The molecule has 1 aromatic rings. The molecule has 0 bridgehead atoms. The summed E-state index contributed by atoms with van der Waals surface area (Å²) in [7, 11) is -3.46. The van der Waals surface area contributed by atoms with Gasteiger partial charge in [-0.25, -0.2) is 8.42 Å². The van der Waals surface area contributed by atoms with Crippen molar-refractivity contribution in [2.75, 3.05) is 38.5 Å². The van der Waals surface area contributed by atoms with Crippen LogP contribution in [0, 0.1) is 5.92 Å². The molecule has 1 saturated heterocycles. The van der Waals surface area contributed by atoms with Gasteiger partial charge in [0, 0.05) is 73.1 Å². The first-order valence-electron chi connectivity index (χ1n) is 12.2. The summed E-state index contributed by atoms with van der Waals surface area (Å²) in [4.78, 5) is 17.2. The van der Waals surface area contributed by atoms with Crippen molar-refractivity contribution in [3.63, 3.8) is 0 Å². The van der Waals surface area contributed by atoms with Gasteiger partial charge < -0.3 is 10.1 Å². The van der Waals surface area contributed by atoms with E-state index in [1.54, 1.807) is 6.08 Å². The van der Waals surface area contributed by atoms with Gasteiger partial charge in [-0.3, -0.25) is 14.6 Å². The topological polar surface area (TPSA) is 79.0 Å². The van der Waals surface area contributed by atoms with Crippen molar-refractivity contribution in [1.29, 1.82) is 0 Å². The average molecular weight is 564 g/mol. The Morgan fingerprint density at radius 3 is 2.49 bits per heavy atom. The molecule has 1 N–H and O–H groups in total. The Morgan fingerprint density at radius 2 is 1.89 bits per heavy atom. The molecule has 7 nitrogen and oxygen atoms in total. The molecular weight excluding hydrogens is 531 g/mol. The quantitative estimate of drug-likeness (QED) is 0.490. The highest BCUT2D eigenvalue weighted by Crippen LogP contribution is 2.30. The SMILES string of the molecule is CCS(=O)(=O)C1C=CC(Cl)=CC1CNC(=O)c1ccc(CN2CCN(C(C)C)CC2)c(OC(F)(F)F)c1. The summed E-state index contributed by atoms with van der Waals surface area (Å²) in [5, 5.41) is 2.12. The minimum Gasteiger partial charge on any atom is -0.405 e. The van der Waals surface area contributed by atoms with Crippen LogP contribution in [0.1, 0.15) is 36.7 Å². The van der Waals surface area contributed by atoms with E-state index in [9.17, 15) is 26.4 Å². The van der Waals surface area contributed by atoms with E-state index in [0.29, 0.717) is 29.7 Å². The smallest absolute Gasteiger partial charge is 0.405 e. The number of amides is 1. The van der Waals surface area contributed by atoms with Crippen molar-refractivity contribution in [3.8, 4) is 5.75 Å². The van der Waals surface area contributed by atoms with E-state index in [4.69, 9.17) is 11.6 Å². The molecule has 1 amide bonds. The lowest BCUT2D eigenvalue weighted by Crippen LogP contribution is -2.48. The third-order valence-electron chi connectivity index (χ3n) is 6.64. The average Bonchev–Trinajstić information content (AvgIpc) is 2.83. The molecule has 1 aliphatic carbocycles. The van der Waals surface area contributed by atoms with Crippen molar-refractivity contribution in [2.45, 2.75) is 45.0 Å². The number of hydrogen-bond acceptors (Lipinski definition) is 6. The molecule has 37 heavy (non-hydrogen) atoms. The zero-order chi connectivity index (χ0) is 27.4. The van der Waals surface area contributed by atoms with E-state index in [-0.39, 0.29) is 24.4 Å². The van der Waals surface area contributed by atoms with Crippen LogP contribution < -0.4 is 10.1 Å². The predicted molar refractivity (Wildman–Crippen MR) is 137 cm³/mol. The molecule has 2 unspecified atom stereocenters. The molecule has 0 radical (unpaired) electrons. The fraction of sp³-hybridized carbons (Fsp3) is 0.560. The number of piperazine rings is 1. The Bertz CT molecular complexity index is 1130. The molecule has 3 rings (SSSR count). The highest BCUT2D eigenvalue weighted by molar-refractivity contribution is 7.92. The first-order valence-corrected chi connectivity index (χ1v) is 14.3. The summed E-state index contributed by atoms with van der Waals surface area (Å²) in [6, 6.07) is 4.39. The number of ether oxygens (including phenoxy) is 1. The van der Waals surface area contributed by atoms with Gasteiger partial charge in [-0.05, 0) is 32.1 Å². The number of hydrogen-bond donors (Lipinski definition) is 1. The molecule has 2 aliphatic rings. The maximum absolute atomic E-state index is 13.2. The number of halogens is 4. The molecule has 206 valence electrons. The van der Waals surface area contributed by atoms with Crippen molar-refractivity contribution < 1.29 is 31.1 Å². The van der Waals surface area contributed by atoms with E-state index in [0.717, 1.165) is 19.2 Å². The molecule has 12 heteroatoms. The molecule has 0 spiro atoms. The zero-order valence-electron chi connectivity index (χ0n) is 21.1. The summed E-state index contributed by atoms with van der Waals surface area (Å²) in [5.41, 5.74) is 0.303. The van der Waals surface area contributed by atoms with Crippen LogP contribution in [0.2, 0.25) is 0 Å². The number of carbonyl (C=O) groups excluding carboxylic acids is 1. The van der Waals surface area contributed by atoms with Crippen molar-refractivity contribution in [2.24, 2.45) is 5.92 Å². The molecule has 2 atom stereocenters. The Hall–Kier alpha value is -2.08. The second kappa shape index (κ2) is 12.2. The number of nitrogens with zero attached hydrogens (tertiary/aromatic N) is 2. The van der Waals surface area contributed by atoms with E-state index in [1.807, 2.05) is 0 Å². The van der Waals surface area contributed by atoms with Gasteiger partial charge >= 0.3 is 6.36 Å². The standard InChI is InChI=1S/C25H33ClF3N3O4S/c1-4-37(34,35)23-8-7-21(26)13-20(23)15-30-24(33)18-5-6-19(22(14-18)36-25(27,28)29)16-31-9-11-32(12-10-31)17(2)3/h5-8,13-14,17,20,23H,4,9-12,15-16H2,1-3H3,(H,30,33). The number of benzene rings is 1. The fourth-order valence-corrected chi connectivity index (χ4v) is 6.12. The van der Waals surface area contributed by atoms with Gasteiger partial charge in [0.15, 0.2) is 9.84 Å². The van der Waals surface area contributed by atoms with E-state index in [1.165, 1.54) is 31.2 Å². The first kappa shape index (κ1) is 29.5. The lowest BCUT2D eigenvalue weighted by Gasteiger charge is -2.37. The number of rotatable bonds is 9. The largest absolute Gasteiger partial charge is 0.573 e. The number of alkyl halides is 3. The number of nitrogens with one attached hydrogen (secondary N) is 1. The zero-order valence-corrected chi connectivity index (χ0v) is 22.7. The lowest BCUT2D eigenvalue weighted by atomic mass is 10.00. The van der Waals surface area contributed by atoms with Crippen LogP contribution in [-0.4, -0.2) is 80.3 Å². The van der Waals surface area contributed by atoms with Gasteiger partial charge in [-0.15, -0.1) is 13.2 Å². The lowest BCUT2D eigenvalue weighted by molar-refractivity contribution is -0.275. The van der Waals surface area contributed by atoms with Gasteiger partial charge in [-0.1, -0.05) is 36.7 Å². The van der Waals surface area contributed by atoms with Crippen LogP contribution in [0.15, 0.2) is 41.5 Å². The summed E-state index contributed by atoms with van der Waals surface area (Å²) < 4.78 is 68.7. The molecule has 0 aromatic heterocycles. The molecule has 1 fully saturated rings. The van der Waals surface area contributed by atoms with E-state index in [2.05, 4.69) is 33.7 Å². The van der Waals surface area contributed by atoms with Crippen LogP contribution in [0.25, 0.3) is 0 Å². The van der Waals surface area contributed by atoms with Crippen molar-refractivity contribution in [3.05, 3.63) is 52.6 Å². The molecule has 1 heterocycles. The Labute approximate surface area is 221 Å². The maximum Gasteiger partial charge on any atom is 0.573 e. The van der Waals surface area contributed by atoms with Crippen molar-refractivity contribution >= 4 is 27.3 Å². The molecule has 1 aromatic carbocycles. The highest BCUT2D eigenvalue weighted by Gasteiger charge is 2.34.